The summed E-state index contributed by atoms with van der Waals surface area (Å²) >= 11 is 1.51. The Morgan fingerprint density at radius 1 is 1.00 bits per heavy atom. The van der Waals surface area contributed by atoms with Crippen molar-refractivity contribution in [2.45, 2.75) is 40.3 Å². The van der Waals surface area contributed by atoms with Crippen LogP contribution in [0.2, 0.25) is 0 Å². The van der Waals surface area contributed by atoms with Crippen LogP contribution < -0.4 is 4.90 Å². The van der Waals surface area contributed by atoms with Gasteiger partial charge in [-0.15, -0.1) is 11.3 Å². The van der Waals surface area contributed by atoms with Crippen LogP contribution in [0.25, 0.3) is 0 Å². The number of aromatic nitrogens is 1. The van der Waals surface area contributed by atoms with Gasteiger partial charge in [0.1, 0.15) is 0 Å². The zero-order chi connectivity index (χ0) is 20.1. The summed E-state index contributed by atoms with van der Waals surface area (Å²) < 4.78 is 0. The van der Waals surface area contributed by atoms with E-state index in [0.29, 0.717) is 5.13 Å². The van der Waals surface area contributed by atoms with Gasteiger partial charge >= 0.3 is 0 Å². The van der Waals surface area contributed by atoms with E-state index in [1.165, 1.54) is 28.0 Å². The van der Waals surface area contributed by atoms with Crippen LogP contribution in [-0.4, -0.2) is 22.8 Å². The first-order valence-corrected chi connectivity index (χ1v) is 10.4. The highest BCUT2D eigenvalue weighted by Crippen LogP contribution is 2.29. The van der Waals surface area contributed by atoms with E-state index in [1.54, 1.807) is 11.8 Å². The summed E-state index contributed by atoms with van der Waals surface area (Å²) in [6, 6.07) is 16.7. The number of hydrogen-bond acceptors (Lipinski definition) is 4. The predicted octanol–water partition coefficient (Wildman–Crippen LogP) is 5.33. The fourth-order valence-electron chi connectivity index (χ4n) is 3.12. The Kier molecular flexibility index (Phi) is 6.60. The Morgan fingerprint density at radius 3 is 2.25 bits per heavy atom. The molecule has 1 amide bonds. The number of aryl methyl sites for hydroxylation is 2. The molecule has 0 aliphatic rings. The Bertz CT molecular complexity index is 916. The van der Waals surface area contributed by atoms with E-state index in [-0.39, 0.29) is 5.91 Å². The quantitative estimate of drug-likeness (QED) is 0.544. The maximum atomic E-state index is 12.2. The maximum Gasteiger partial charge on any atom is 0.230 e. The molecule has 3 rings (SSSR count). The summed E-state index contributed by atoms with van der Waals surface area (Å²) in [6.45, 7) is 7.39. The molecule has 146 valence electrons. The maximum absolute atomic E-state index is 12.2. The van der Waals surface area contributed by atoms with E-state index in [4.69, 9.17) is 4.98 Å². The molecule has 0 atom stereocenters. The SMILES string of the molecule is CCc1ccc(CN(C)Cc2csc(N(C(C)=O)c3ccc(C)cc3)n2)cc1. The average Bonchev–Trinajstić information content (AvgIpc) is 3.11. The Balaban J connectivity index is 1.69. The van der Waals surface area contributed by atoms with Gasteiger partial charge in [-0.3, -0.25) is 14.6 Å². The number of anilines is 2. The number of benzene rings is 2. The second kappa shape index (κ2) is 9.13. The van der Waals surface area contributed by atoms with Crippen LogP contribution in [0.15, 0.2) is 53.9 Å². The monoisotopic (exact) mass is 393 g/mol. The molecule has 0 saturated heterocycles. The van der Waals surface area contributed by atoms with Crippen molar-refractivity contribution in [3.8, 4) is 0 Å². The molecule has 4 nitrogen and oxygen atoms in total. The topological polar surface area (TPSA) is 36.4 Å². The lowest BCUT2D eigenvalue weighted by Crippen LogP contribution is -2.23. The highest BCUT2D eigenvalue weighted by molar-refractivity contribution is 7.14. The minimum atomic E-state index is -0.0332. The number of nitrogens with zero attached hydrogens (tertiary/aromatic N) is 3. The minimum absolute atomic E-state index is 0.0332. The van der Waals surface area contributed by atoms with Gasteiger partial charge in [-0.05, 0) is 43.7 Å². The molecular formula is C23H27N3OS. The lowest BCUT2D eigenvalue weighted by atomic mass is 10.1. The molecule has 3 aromatic rings. The zero-order valence-electron chi connectivity index (χ0n) is 17.0. The van der Waals surface area contributed by atoms with E-state index in [9.17, 15) is 4.79 Å². The Labute approximate surface area is 171 Å². The van der Waals surface area contributed by atoms with Crippen molar-refractivity contribution in [3.05, 3.63) is 76.3 Å². The van der Waals surface area contributed by atoms with Crippen molar-refractivity contribution in [3.63, 3.8) is 0 Å². The highest BCUT2D eigenvalue weighted by atomic mass is 32.1. The largest absolute Gasteiger partial charge is 0.296 e. The summed E-state index contributed by atoms with van der Waals surface area (Å²) in [5, 5.41) is 2.75. The third kappa shape index (κ3) is 5.06. The number of carbonyl (C=O) groups is 1. The number of carbonyl (C=O) groups excluding carboxylic acids is 1. The molecule has 0 aliphatic carbocycles. The Hall–Kier alpha value is -2.50. The first-order chi connectivity index (χ1) is 13.5. The van der Waals surface area contributed by atoms with Crippen LogP contribution >= 0.6 is 11.3 Å². The fraction of sp³-hybridized carbons (Fsp3) is 0.304. The zero-order valence-corrected chi connectivity index (χ0v) is 17.8. The number of hydrogen-bond donors (Lipinski definition) is 0. The minimum Gasteiger partial charge on any atom is -0.296 e. The van der Waals surface area contributed by atoms with E-state index < -0.39 is 0 Å². The second-order valence-electron chi connectivity index (χ2n) is 7.15. The van der Waals surface area contributed by atoms with E-state index in [0.717, 1.165) is 30.9 Å². The lowest BCUT2D eigenvalue weighted by molar-refractivity contribution is -0.115. The highest BCUT2D eigenvalue weighted by Gasteiger charge is 2.18. The van der Waals surface area contributed by atoms with Gasteiger partial charge in [-0.25, -0.2) is 4.98 Å². The second-order valence-corrected chi connectivity index (χ2v) is 7.99. The summed E-state index contributed by atoms with van der Waals surface area (Å²) in [5.41, 5.74) is 5.64. The van der Waals surface area contributed by atoms with E-state index >= 15 is 0 Å². The standard InChI is InChI=1S/C23H27N3OS/c1-5-19-8-10-20(11-9-19)14-25(4)15-21-16-28-23(24-21)26(18(3)27)22-12-6-17(2)7-13-22/h6-13,16H,5,14-15H2,1-4H3. The normalized spacial score (nSPS) is 11.0. The first-order valence-electron chi connectivity index (χ1n) is 9.54. The molecule has 0 spiro atoms. The molecule has 5 heteroatoms. The van der Waals surface area contributed by atoms with Crippen LogP contribution in [0, 0.1) is 6.92 Å². The Morgan fingerprint density at radius 2 is 1.64 bits per heavy atom. The first kappa shape index (κ1) is 20.2. The molecular weight excluding hydrogens is 366 g/mol. The van der Waals surface area contributed by atoms with Crippen molar-refractivity contribution in [2.75, 3.05) is 11.9 Å². The van der Waals surface area contributed by atoms with Gasteiger partial charge in [0, 0.05) is 25.4 Å². The molecule has 0 bridgehead atoms. The molecule has 2 aromatic carbocycles. The van der Waals surface area contributed by atoms with Crippen molar-refractivity contribution in [2.24, 2.45) is 0 Å². The van der Waals surface area contributed by atoms with Gasteiger partial charge in [-0.1, -0.05) is 48.9 Å². The third-order valence-electron chi connectivity index (χ3n) is 4.65. The van der Waals surface area contributed by atoms with Crippen molar-refractivity contribution in [1.29, 1.82) is 0 Å². The number of thiazole rings is 1. The number of amides is 1. The van der Waals surface area contributed by atoms with Gasteiger partial charge < -0.3 is 0 Å². The van der Waals surface area contributed by atoms with Crippen LogP contribution in [0.1, 0.15) is 36.2 Å². The van der Waals surface area contributed by atoms with E-state index in [2.05, 4.69) is 43.1 Å². The summed E-state index contributed by atoms with van der Waals surface area (Å²) in [5.74, 6) is -0.0332. The van der Waals surface area contributed by atoms with E-state index in [1.807, 2.05) is 36.6 Å². The van der Waals surface area contributed by atoms with Crippen molar-refractivity contribution in [1.82, 2.24) is 9.88 Å². The average molecular weight is 394 g/mol. The predicted molar refractivity (Wildman–Crippen MR) is 117 cm³/mol. The molecule has 28 heavy (non-hydrogen) atoms. The molecule has 1 heterocycles. The van der Waals surface area contributed by atoms with Crippen molar-refractivity contribution >= 4 is 28.1 Å². The van der Waals surface area contributed by atoms with Gasteiger partial charge in [0.05, 0.1) is 11.4 Å². The lowest BCUT2D eigenvalue weighted by Gasteiger charge is -2.18. The van der Waals surface area contributed by atoms with Gasteiger partial charge in [-0.2, -0.15) is 0 Å². The van der Waals surface area contributed by atoms with Crippen LogP contribution in [0.5, 0.6) is 0 Å². The molecule has 0 saturated carbocycles. The molecule has 0 fully saturated rings. The summed E-state index contributed by atoms with van der Waals surface area (Å²) in [6.07, 6.45) is 1.06. The number of rotatable bonds is 7. The summed E-state index contributed by atoms with van der Waals surface area (Å²) in [7, 11) is 2.09. The van der Waals surface area contributed by atoms with Gasteiger partial charge in [0.15, 0.2) is 5.13 Å². The van der Waals surface area contributed by atoms with Crippen LogP contribution in [0.3, 0.4) is 0 Å². The van der Waals surface area contributed by atoms with Gasteiger partial charge in [0.25, 0.3) is 0 Å². The van der Waals surface area contributed by atoms with Gasteiger partial charge in [0.2, 0.25) is 5.91 Å². The van der Waals surface area contributed by atoms with Crippen LogP contribution in [0.4, 0.5) is 10.8 Å². The van der Waals surface area contributed by atoms with Crippen LogP contribution in [-0.2, 0) is 24.3 Å². The molecule has 0 radical (unpaired) electrons. The molecule has 0 aliphatic heterocycles. The molecule has 1 aromatic heterocycles. The fourth-order valence-corrected chi connectivity index (χ4v) is 3.99. The molecule has 0 unspecified atom stereocenters. The third-order valence-corrected chi connectivity index (χ3v) is 5.53. The summed E-state index contributed by atoms with van der Waals surface area (Å²) in [4.78, 5) is 20.9. The van der Waals surface area contributed by atoms with Crippen molar-refractivity contribution < 1.29 is 4.79 Å². The molecule has 0 N–H and O–H groups in total. The smallest absolute Gasteiger partial charge is 0.230 e.